The Morgan fingerprint density at radius 1 is 1.29 bits per heavy atom. The van der Waals surface area contributed by atoms with Crippen LogP contribution in [0.25, 0.3) is 5.82 Å². The Balaban J connectivity index is 2.55. The van der Waals surface area contributed by atoms with Crippen molar-refractivity contribution < 1.29 is 0 Å². The van der Waals surface area contributed by atoms with Crippen molar-refractivity contribution >= 4 is 5.95 Å². The first-order valence-electron chi connectivity index (χ1n) is 4.27. The smallest absolute Gasteiger partial charge is 0.222 e. The van der Waals surface area contributed by atoms with E-state index in [1.54, 1.807) is 17.1 Å². The first-order valence-corrected chi connectivity index (χ1v) is 4.27. The van der Waals surface area contributed by atoms with Crippen LogP contribution in [0.4, 0.5) is 5.95 Å². The van der Waals surface area contributed by atoms with Gasteiger partial charge in [0, 0.05) is 18.0 Å². The number of hydrogen-bond donors (Lipinski definition) is 1. The van der Waals surface area contributed by atoms with E-state index in [4.69, 9.17) is 5.73 Å². The summed E-state index contributed by atoms with van der Waals surface area (Å²) in [6.45, 7) is 3.90. The second-order valence-electron chi connectivity index (χ2n) is 3.20. The van der Waals surface area contributed by atoms with Crippen molar-refractivity contribution in [2.75, 3.05) is 5.73 Å². The van der Waals surface area contributed by atoms with Crippen LogP contribution in [0.3, 0.4) is 0 Å². The number of anilines is 1. The van der Waals surface area contributed by atoms with E-state index < -0.39 is 0 Å². The molecular formula is C9H11N5. The summed E-state index contributed by atoms with van der Waals surface area (Å²) in [5, 5.41) is 4.16. The molecule has 72 valence electrons. The Hall–Kier alpha value is -1.91. The van der Waals surface area contributed by atoms with Gasteiger partial charge in [-0.15, -0.1) is 0 Å². The molecule has 0 bridgehead atoms. The monoisotopic (exact) mass is 189 g/mol. The molecule has 0 spiro atoms. The highest BCUT2D eigenvalue weighted by atomic mass is 15.3. The van der Waals surface area contributed by atoms with Crippen LogP contribution in [0.15, 0.2) is 18.6 Å². The predicted molar refractivity (Wildman–Crippen MR) is 53.0 cm³/mol. The lowest BCUT2D eigenvalue weighted by molar-refractivity contribution is 0.832. The van der Waals surface area contributed by atoms with Crippen LogP contribution in [0.5, 0.6) is 0 Å². The van der Waals surface area contributed by atoms with Gasteiger partial charge in [-0.05, 0) is 19.4 Å². The van der Waals surface area contributed by atoms with Crippen LogP contribution in [-0.2, 0) is 0 Å². The molecule has 2 rings (SSSR count). The molecule has 0 fully saturated rings. The third-order valence-electron chi connectivity index (χ3n) is 1.89. The van der Waals surface area contributed by atoms with Crippen molar-refractivity contribution in [1.29, 1.82) is 0 Å². The zero-order valence-corrected chi connectivity index (χ0v) is 8.10. The second kappa shape index (κ2) is 3.10. The van der Waals surface area contributed by atoms with Crippen LogP contribution in [0.1, 0.15) is 11.1 Å². The third-order valence-corrected chi connectivity index (χ3v) is 1.89. The lowest BCUT2D eigenvalue weighted by atomic mass is 10.3. The molecule has 0 aliphatic rings. The molecule has 0 radical (unpaired) electrons. The molecule has 2 aromatic rings. The van der Waals surface area contributed by atoms with Crippen molar-refractivity contribution in [3.05, 3.63) is 29.7 Å². The van der Waals surface area contributed by atoms with Gasteiger partial charge in [0.2, 0.25) is 5.95 Å². The van der Waals surface area contributed by atoms with Crippen molar-refractivity contribution in [2.45, 2.75) is 13.8 Å². The molecule has 0 atom stereocenters. The number of rotatable bonds is 1. The lowest BCUT2D eigenvalue weighted by Gasteiger charge is -2.03. The maximum atomic E-state index is 5.51. The summed E-state index contributed by atoms with van der Waals surface area (Å²) in [6.07, 6.45) is 5.36. The van der Waals surface area contributed by atoms with E-state index in [0.717, 1.165) is 16.9 Å². The Bertz CT molecular complexity index is 460. The van der Waals surface area contributed by atoms with E-state index in [1.165, 1.54) is 0 Å². The topological polar surface area (TPSA) is 69.6 Å². The molecule has 2 aromatic heterocycles. The molecule has 0 amide bonds. The van der Waals surface area contributed by atoms with Gasteiger partial charge in [0.05, 0.1) is 6.20 Å². The van der Waals surface area contributed by atoms with E-state index in [-0.39, 0.29) is 5.95 Å². The lowest BCUT2D eigenvalue weighted by Crippen LogP contribution is -2.05. The highest BCUT2D eigenvalue weighted by Crippen LogP contribution is 2.10. The van der Waals surface area contributed by atoms with Crippen molar-refractivity contribution in [3.63, 3.8) is 0 Å². The Morgan fingerprint density at radius 2 is 2.07 bits per heavy atom. The molecule has 5 nitrogen and oxygen atoms in total. The molecule has 5 heteroatoms. The summed E-state index contributed by atoms with van der Waals surface area (Å²) >= 11 is 0. The Labute approximate surface area is 81.6 Å². The minimum absolute atomic E-state index is 0.263. The minimum Gasteiger partial charge on any atom is -0.368 e. The molecule has 14 heavy (non-hydrogen) atoms. The van der Waals surface area contributed by atoms with E-state index >= 15 is 0 Å². The zero-order chi connectivity index (χ0) is 10.1. The zero-order valence-electron chi connectivity index (χ0n) is 8.10. The van der Waals surface area contributed by atoms with Gasteiger partial charge in [-0.2, -0.15) is 10.1 Å². The first kappa shape index (κ1) is 8.68. The van der Waals surface area contributed by atoms with Crippen LogP contribution in [-0.4, -0.2) is 19.7 Å². The summed E-state index contributed by atoms with van der Waals surface area (Å²) in [6, 6.07) is 0. The largest absolute Gasteiger partial charge is 0.368 e. The molecule has 0 unspecified atom stereocenters. The molecule has 0 aliphatic carbocycles. The molecule has 2 heterocycles. The fourth-order valence-electron chi connectivity index (χ4n) is 1.21. The maximum Gasteiger partial charge on any atom is 0.222 e. The summed E-state index contributed by atoms with van der Waals surface area (Å²) in [5.41, 5.74) is 7.54. The third kappa shape index (κ3) is 1.44. The van der Waals surface area contributed by atoms with Gasteiger partial charge in [-0.3, -0.25) is 0 Å². The second-order valence-corrected chi connectivity index (χ2v) is 3.20. The van der Waals surface area contributed by atoms with Crippen LogP contribution >= 0.6 is 0 Å². The maximum absolute atomic E-state index is 5.51. The summed E-state index contributed by atoms with van der Waals surface area (Å²) < 4.78 is 1.70. The number of nitrogen functional groups attached to an aromatic ring is 1. The number of nitrogens with zero attached hydrogens (tertiary/aromatic N) is 4. The summed E-state index contributed by atoms with van der Waals surface area (Å²) in [4.78, 5) is 8.02. The number of aryl methyl sites for hydroxylation is 2. The van der Waals surface area contributed by atoms with E-state index in [1.807, 2.05) is 20.0 Å². The van der Waals surface area contributed by atoms with Gasteiger partial charge in [0.15, 0.2) is 5.82 Å². The fraction of sp³-hybridized carbons (Fsp3) is 0.222. The van der Waals surface area contributed by atoms with Crippen molar-refractivity contribution in [2.24, 2.45) is 0 Å². The van der Waals surface area contributed by atoms with Gasteiger partial charge in [-0.25, -0.2) is 9.67 Å². The van der Waals surface area contributed by atoms with Crippen molar-refractivity contribution in [3.8, 4) is 5.82 Å². The standard InChI is InChI=1S/C9H11N5/c1-6-3-12-14(5-6)8-7(2)4-11-9(10)13-8/h3-5H,1-2H3,(H2,10,11,13). The van der Waals surface area contributed by atoms with Gasteiger partial charge in [0.25, 0.3) is 0 Å². The summed E-state index contributed by atoms with van der Waals surface area (Å²) in [7, 11) is 0. The average Bonchev–Trinajstić information content (AvgIpc) is 2.56. The fourth-order valence-corrected chi connectivity index (χ4v) is 1.21. The van der Waals surface area contributed by atoms with Crippen LogP contribution in [0, 0.1) is 13.8 Å². The molecule has 0 saturated heterocycles. The molecule has 0 aliphatic heterocycles. The highest BCUT2D eigenvalue weighted by Gasteiger charge is 2.04. The highest BCUT2D eigenvalue weighted by molar-refractivity contribution is 5.35. The SMILES string of the molecule is Cc1cnn(-c2nc(N)ncc2C)c1. The Kier molecular flexibility index (Phi) is 1.92. The van der Waals surface area contributed by atoms with Crippen LogP contribution < -0.4 is 5.73 Å². The van der Waals surface area contributed by atoms with Gasteiger partial charge in [0.1, 0.15) is 0 Å². The first-order chi connectivity index (χ1) is 6.66. The van der Waals surface area contributed by atoms with Gasteiger partial charge >= 0.3 is 0 Å². The molecular weight excluding hydrogens is 178 g/mol. The minimum atomic E-state index is 0.263. The average molecular weight is 189 g/mol. The number of hydrogen-bond acceptors (Lipinski definition) is 4. The normalized spacial score (nSPS) is 10.4. The quantitative estimate of drug-likeness (QED) is 0.722. The summed E-state index contributed by atoms with van der Waals surface area (Å²) in [5.74, 6) is 0.990. The van der Waals surface area contributed by atoms with Crippen molar-refractivity contribution in [1.82, 2.24) is 19.7 Å². The Morgan fingerprint density at radius 3 is 2.71 bits per heavy atom. The number of nitrogens with two attached hydrogens (primary N) is 1. The molecule has 2 N–H and O–H groups in total. The van der Waals surface area contributed by atoms with Gasteiger partial charge < -0.3 is 5.73 Å². The van der Waals surface area contributed by atoms with E-state index in [2.05, 4.69) is 15.1 Å². The molecule has 0 aromatic carbocycles. The molecule has 0 saturated carbocycles. The number of aromatic nitrogens is 4. The van der Waals surface area contributed by atoms with E-state index in [0.29, 0.717) is 0 Å². The van der Waals surface area contributed by atoms with Crippen LogP contribution in [0.2, 0.25) is 0 Å². The van der Waals surface area contributed by atoms with Gasteiger partial charge in [-0.1, -0.05) is 0 Å². The van der Waals surface area contributed by atoms with E-state index in [9.17, 15) is 0 Å². The predicted octanol–water partition coefficient (Wildman–Crippen LogP) is 0.861.